The minimum atomic E-state index is -1.44. The van der Waals surface area contributed by atoms with Crippen molar-refractivity contribution in [1.29, 1.82) is 0 Å². The molecule has 2 atom stereocenters. The second-order valence-corrected chi connectivity index (χ2v) is 7.53. The molecule has 0 radical (unpaired) electrons. The molecule has 29 heavy (non-hydrogen) atoms. The molecule has 1 aliphatic carbocycles. The summed E-state index contributed by atoms with van der Waals surface area (Å²) in [4.78, 5) is 25.6. The molecule has 0 amide bonds. The Kier molecular flexibility index (Phi) is 4.65. The maximum Gasteiger partial charge on any atom is 0.231 e. The first-order valence-electron chi connectivity index (χ1n) is 9.34. The van der Waals surface area contributed by atoms with Gasteiger partial charge in [-0.25, -0.2) is 0 Å². The first-order chi connectivity index (χ1) is 13.9. The quantitative estimate of drug-likeness (QED) is 0.756. The molecule has 152 valence electrons. The van der Waals surface area contributed by atoms with Gasteiger partial charge in [0.2, 0.25) is 11.4 Å². The second kappa shape index (κ2) is 6.91. The van der Waals surface area contributed by atoms with Crippen molar-refractivity contribution in [2.24, 2.45) is 5.92 Å². The first-order valence-corrected chi connectivity index (χ1v) is 9.72. The Morgan fingerprint density at radius 1 is 1.34 bits per heavy atom. The predicted octanol–water partition coefficient (Wildman–Crippen LogP) is 3.69. The number of ketones is 2. The molecule has 8 heteroatoms. The third kappa shape index (κ3) is 2.68. The van der Waals surface area contributed by atoms with Gasteiger partial charge in [0, 0.05) is 36.7 Å². The molecule has 1 spiro atoms. The zero-order chi connectivity index (χ0) is 20.9. The van der Waals surface area contributed by atoms with Gasteiger partial charge in [0.15, 0.2) is 17.3 Å². The van der Waals surface area contributed by atoms with Crippen molar-refractivity contribution in [3.05, 3.63) is 40.8 Å². The maximum absolute atomic E-state index is 13.6. The molecular formula is C21H21ClN2O5. The van der Waals surface area contributed by atoms with E-state index < -0.39 is 11.5 Å². The summed E-state index contributed by atoms with van der Waals surface area (Å²) >= 11 is 6.70. The van der Waals surface area contributed by atoms with Gasteiger partial charge in [-0.2, -0.15) is 5.10 Å². The van der Waals surface area contributed by atoms with E-state index in [2.05, 4.69) is 5.10 Å². The summed E-state index contributed by atoms with van der Waals surface area (Å²) < 4.78 is 18.9. The van der Waals surface area contributed by atoms with Crippen LogP contribution in [0.3, 0.4) is 0 Å². The Bertz CT molecular complexity index is 1060. The van der Waals surface area contributed by atoms with Crippen molar-refractivity contribution >= 4 is 23.2 Å². The monoisotopic (exact) mass is 416 g/mol. The molecule has 7 nitrogen and oxygen atoms in total. The Balaban J connectivity index is 1.92. The van der Waals surface area contributed by atoms with Crippen LogP contribution in [0.4, 0.5) is 0 Å². The highest BCUT2D eigenvalue weighted by molar-refractivity contribution is 6.36. The van der Waals surface area contributed by atoms with E-state index in [-0.39, 0.29) is 40.1 Å². The highest BCUT2D eigenvalue weighted by atomic mass is 35.5. The molecule has 2 aliphatic rings. The Morgan fingerprint density at radius 2 is 2.10 bits per heavy atom. The largest absolute Gasteiger partial charge is 0.496 e. The number of carbonyl (C=O) groups excluding carboxylic acids is 2. The van der Waals surface area contributed by atoms with E-state index in [1.54, 1.807) is 17.7 Å². The number of halogens is 1. The zero-order valence-corrected chi connectivity index (χ0v) is 17.4. The van der Waals surface area contributed by atoms with Crippen LogP contribution in [0, 0.1) is 5.92 Å². The molecule has 0 saturated carbocycles. The molecule has 1 aromatic carbocycles. The SMILES string of the molecule is CCn1ccc(-c2cc(OC)c3c(c2Cl)O[C@]2(C3=O)C(OC)=CC(=O)C[C@H]2C)n1. The number of nitrogens with zero attached hydrogens (tertiary/aromatic N) is 2. The van der Waals surface area contributed by atoms with Gasteiger partial charge in [-0.3, -0.25) is 14.3 Å². The van der Waals surface area contributed by atoms with Crippen molar-refractivity contribution in [2.75, 3.05) is 14.2 Å². The molecule has 4 rings (SSSR count). The van der Waals surface area contributed by atoms with Crippen LogP contribution < -0.4 is 9.47 Å². The maximum atomic E-state index is 13.6. The van der Waals surface area contributed by atoms with E-state index in [4.69, 9.17) is 25.8 Å². The number of fused-ring (bicyclic) bond motifs is 1. The number of ether oxygens (including phenoxy) is 3. The Hall–Kier alpha value is -2.80. The number of Topliss-reactive ketones (excluding diaryl/α,β-unsaturated/α-hetero) is 1. The first kappa shape index (κ1) is 19.5. The van der Waals surface area contributed by atoms with Crippen LogP contribution in [0.2, 0.25) is 5.02 Å². The smallest absolute Gasteiger partial charge is 0.231 e. The number of aromatic nitrogens is 2. The van der Waals surface area contributed by atoms with Crippen LogP contribution in [0.1, 0.15) is 30.6 Å². The van der Waals surface area contributed by atoms with Gasteiger partial charge < -0.3 is 14.2 Å². The third-order valence-corrected chi connectivity index (χ3v) is 5.93. The normalized spacial score (nSPS) is 23.1. The van der Waals surface area contributed by atoms with E-state index in [1.165, 1.54) is 20.3 Å². The summed E-state index contributed by atoms with van der Waals surface area (Å²) in [6.07, 6.45) is 3.34. The molecule has 0 saturated heterocycles. The van der Waals surface area contributed by atoms with Gasteiger partial charge in [-0.15, -0.1) is 0 Å². The highest BCUT2D eigenvalue weighted by Gasteiger charge is 2.59. The summed E-state index contributed by atoms with van der Waals surface area (Å²) in [5, 5.41) is 4.77. The van der Waals surface area contributed by atoms with Crippen molar-refractivity contribution in [2.45, 2.75) is 32.4 Å². The molecule has 2 aromatic rings. The average molecular weight is 417 g/mol. The van der Waals surface area contributed by atoms with Crippen LogP contribution in [-0.2, 0) is 16.1 Å². The molecule has 2 heterocycles. The molecule has 0 N–H and O–H groups in total. The number of carbonyl (C=O) groups is 2. The van der Waals surface area contributed by atoms with E-state index in [0.717, 1.165) is 0 Å². The Morgan fingerprint density at radius 3 is 2.72 bits per heavy atom. The number of hydrogen-bond donors (Lipinski definition) is 0. The predicted molar refractivity (Wildman–Crippen MR) is 106 cm³/mol. The summed E-state index contributed by atoms with van der Waals surface area (Å²) in [6.45, 7) is 4.49. The number of benzene rings is 1. The van der Waals surface area contributed by atoms with E-state index in [0.29, 0.717) is 23.6 Å². The minimum absolute atomic E-state index is 0.115. The summed E-state index contributed by atoms with van der Waals surface area (Å²) in [5.41, 5.74) is 0.0509. The van der Waals surface area contributed by atoms with Gasteiger partial charge in [0.25, 0.3) is 0 Å². The van der Waals surface area contributed by atoms with Gasteiger partial charge in [-0.1, -0.05) is 18.5 Å². The molecule has 1 aromatic heterocycles. The zero-order valence-electron chi connectivity index (χ0n) is 16.6. The van der Waals surface area contributed by atoms with Crippen molar-refractivity contribution in [1.82, 2.24) is 9.78 Å². The standard InChI is InChI=1S/C21H21ClN2O5/c1-5-24-7-6-14(23-24)13-10-15(27-3)17-19(18(13)22)29-21(20(17)26)11(2)8-12(25)9-16(21)28-4/h6-7,9-11H,5,8H2,1-4H3/t11-,21+/m1/s1. The lowest BCUT2D eigenvalue weighted by Gasteiger charge is -2.36. The van der Waals surface area contributed by atoms with Crippen molar-refractivity contribution < 1.29 is 23.8 Å². The lowest BCUT2D eigenvalue weighted by Crippen LogP contribution is -2.51. The van der Waals surface area contributed by atoms with Crippen LogP contribution >= 0.6 is 11.6 Å². The van der Waals surface area contributed by atoms with E-state index in [9.17, 15) is 9.59 Å². The summed E-state index contributed by atoms with van der Waals surface area (Å²) in [7, 11) is 2.90. The lowest BCUT2D eigenvalue weighted by atomic mass is 9.75. The van der Waals surface area contributed by atoms with Crippen LogP contribution in [0.25, 0.3) is 11.3 Å². The van der Waals surface area contributed by atoms with Crippen molar-refractivity contribution in [3.8, 4) is 22.8 Å². The van der Waals surface area contributed by atoms with Crippen LogP contribution in [0.15, 0.2) is 30.2 Å². The number of aryl methyl sites for hydroxylation is 1. The van der Waals surface area contributed by atoms with Gasteiger partial charge in [0.05, 0.1) is 24.9 Å². The highest BCUT2D eigenvalue weighted by Crippen LogP contribution is 2.54. The molecule has 0 fully saturated rings. The molecular weight excluding hydrogens is 396 g/mol. The fourth-order valence-corrected chi connectivity index (χ4v) is 4.33. The van der Waals surface area contributed by atoms with Gasteiger partial charge in [-0.05, 0) is 19.1 Å². The number of hydrogen-bond acceptors (Lipinski definition) is 6. The summed E-state index contributed by atoms with van der Waals surface area (Å²) in [5.74, 6) is -0.134. The van der Waals surface area contributed by atoms with Gasteiger partial charge >= 0.3 is 0 Å². The minimum Gasteiger partial charge on any atom is -0.496 e. The van der Waals surface area contributed by atoms with Crippen LogP contribution in [0.5, 0.6) is 11.5 Å². The number of methoxy groups -OCH3 is 2. The fraction of sp³-hybridized carbons (Fsp3) is 0.381. The van der Waals surface area contributed by atoms with E-state index in [1.807, 2.05) is 19.2 Å². The summed E-state index contributed by atoms with van der Waals surface area (Å²) in [6, 6.07) is 3.53. The third-order valence-electron chi connectivity index (χ3n) is 5.55. The molecule has 1 aliphatic heterocycles. The van der Waals surface area contributed by atoms with E-state index >= 15 is 0 Å². The van der Waals surface area contributed by atoms with Crippen LogP contribution in [-0.4, -0.2) is 41.2 Å². The van der Waals surface area contributed by atoms with Crippen molar-refractivity contribution in [3.63, 3.8) is 0 Å². The fourth-order valence-electron chi connectivity index (χ4n) is 4.04. The van der Waals surface area contributed by atoms with Gasteiger partial charge in [0.1, 0.15) is 11.3 Å². The number of rotatable bonds is 4. The number of allylic oxidation sites excluding steroid dienone is 1. The topological polar surface area (TPSA) is 79.6 Å². The Labute approximate surface area is 173 Å². The molecule has 0 bridgehead atoms. The molecule has 0 unspecified atom stereocenters. The lowest BCUT2D eigenvalue weighted by molar-refractivity contribution is -0.118. The average Bonchev–Trinajstić information content (AvgIpc) is 3.30. The second-order valence-electron chi connectivity index (χ2n) is 7.15.